The molecule has 1 aromatic rings. The van der Waals surface area contributed by atoms with Crippen LogP contribution in [0.4, 0.5) is 17.6 Å². The van der Waals surface area contributed by atoms with Gasteiger partial charge in [-0.2, -0.15) is 13.2 Å². The van der Waals surface area contributed by atoms with Gasteiger partial charge in [0.05, 0.1) is 11.6 Å². The number of Topliss-reactive ketones (excluding diaryl/α,β-unsaturated/α-hetero) is 1. The molecule has 1 aromatic carbocycles. The van der Waals surface area contributed by atoms with Crippen LogP contribution in [0.1, 0.15) is 16.8 Å². The van der Waals surface area contributed by atoms with Crippen LogP contribution in [0.2, 0.25) is 5.02 Å². The molecule has 18 heavy (non-hydrogen) atoms. The standard InChI is InChI=1S/C11H9ClF4O2/c12-9-2-1-7(13)5-8(9)10(17)3-4-18-6-11(14,15)16/h1-2,5H,3-4,6H2. The molecule has 0 aromatic heterocycles. The SMILES string of the molecule is O=C(CCOCC(F)(F)F)c1cc(F)ccc1Cl. The third-order valence-electron chi connectivity index (χ3n) is 1.97. The minimum Gasteiger partial charge on any atom is -0.372 e. The van der Waals surface area contributed by atoms with Gasteiger partial charge in [-0.05, 0) is 18.2 Å². The smallest absolute Gasteiger partial charge is 0.372 e. The van der Waals surface area contributed by atoms with Crippen molar-refractivity contribution in [2.75, 3.05) is 13.2 Å². The van der Waals surface area contributed by atoms with E-state index in [0.717, 1.165) is 12.1 Å². The lowest BCUT2D eigenvalue weighted by atomic mass is 10.1. The van der Waals surface area contributed by atoms with Gasteiger partial charge in [-0.25, -0.2) is 4.39 Å². The normalized spacial score (nSPS) is 11.6. The molecule has 0 spiro atoms. The number of ether oxygens (including phenoxy) is 1. The predicted octanol–water partition coefficient (Wildman–Crippen LogP) is 3.63. The van der Waals surface area contributed by atoms with Crippen LogP contribution in [-0.4, -0.2) is 25.2 Å². The van der Waals surface area contributed by atoms with Crippen LogP contribution >= 0.6 is 11.6 Å². The van der Waals surface area contributed by atoms with E-state index >= 15 is 0 Å². The van der Waals surface area contributed by atoms with Gasteiger partial charge >= 0.3 is 6.18 Å². The molecule has 1 rings (SSSR count). The minimum absolute atomic E-state index is 0.0530. The Labute approximate surface area is 105 Å². The molecule has 7 heteroatoms. The van der Waals surface area contributed by atoms with E-state index in [4.69, 9.17) is 11.6 Å². The summed E-state index contributed by atoms with van der Waals surface area (Å²) in [5, 5.41) is 0.0530. The van der Waals surface area contributed by atoms with Gasteiger partial charge in [0.2, 0.25) is 0 Å². The summed E-state index contributed by atoms with van der Waals surface area (Å²) in [6.07, 6.45) is -4.72. The summed E-state index contributed by atoms with van der Waals surface area (Å²) in [5.74, 6) is -1.21. The zero-order valence-electron chi connectivity index (χ0n) is 9.06. The van der Waals surface area contributed by atoms with Crippen molar-refractivity contribution in [2.45, 2.75) is 12.6 Å². The number of carbonyl (C=O) groups excluding carboxylic acids is 1. The maximum absolute atomic E-state index is 12.9. The van der Waals surface area contributed by atoms with E-state index in [1.54, 1.807) is 0 Å². The van der Waals surface area contributed by atoms with Crippen molar-refractivity contribution in [1.82, 2.24) is 0 Å². The fraction of sp³-hybridized carbons (Fsp3) is 0.364. The molecule has 0 amide bonds. The highest BCUT2D eigenvalue weighted by atomic mass is 35.5. The fourth-order valence-corrected chi connectivity index (χ4v) is 1.42. The molecule has 0 aliphatic heterocycles. The summed E-state index contributed by atoms with van der Waals surface area (Å²) in [4.78, 5) is 11.5. The lowest BCUT2D eigenvalue weighted by Gasteiger charge is -2.07. The Morgan fingerprint density at radius 2 is 2.00 bits per heavy atom. The molecular formula is C11H9ClF4O2. The Morgan fingerprint density at radius 3 is 2.61 bits per heavy atom. The third-order valence-corrected chi connectivity index (χ3v) is 2.30. The van der Waals surface area contributed by atoms with Crippen LogP contribution in [0.5, 0.6) is 0 Å². The van der Waals surface area contributed by atoms with Gasteiger partial charge in [0.1, 0.15) is 12.4 Å². The Hall–Kier alpha value is -1.14. The van der Waals surface area contributed by atoms with Crippen molar-refractivity contribution >= 4 is 17.4 Å². The summed E-state index contributed by atoms with van der Waals surface area (Å²) in [6.45, 7) is -1.82. The average Bonchev–Trinajstić information content (AvgIpc) is 2.26. The van der Waals surface area contributed by atoms with Crippen LogP contribution in [0.15, 0.2) is 18.2 Å². The lowest BCUT2D eigenvalue weighted by Crippen LogP contribution is -2.18. The molecule has 0 aliphatic rings. The van der Waals surface area contributed by atoms with Crippen LogP contribution in [-0.2, 0) is 4.74 Å². The lowest BCUT2D eigenvalue weighted by molar-refractivity contribution is -0.173. The van der Waals surface area contributed by atoms with E-state index in [-0.39, 0.29) is 17.0 Å². The van der Waals surface area contributed by atoms with Crippen LogP contribution in [0.25, 0.3) is 0 Å². The molecule has 0 radical (unpaired) electrons. The first-order valence-corrected chi connectivity index (χ1v) is 5.30. The number of hydrogen-bond acceptors (Lipinski definition) is 2. The van der Waals surface area contributed by atoms with Gasteiger partial charge in [0.15, 0.2) is 5.78 Å². The van der Waals surface area contributed by atoms with E-state index < -0.39 is 31.0 Å². The first kappa shape index (κ1) is 14.9. The maximum Gasteiger partial charge on any atom is 0.411 e. The summed E-state index contributed by atoms with van der Waals surface area (Å²) in [6, 6.07) is 3.23. The Balaban J connectivity index is 2.48. The summed E-state index contributed by atoms with van der Waals surface area (Å²) in [7, 11) is 0. The molecule has 100 valence electrons. The summed E-state index contributed by atoms with van der Waals surface area (Å²) in [5.41, 5.74) is -0.0627. The van der Waals surface area contributed by atoms with Gasteiger partial charge in [-0.1, -0.05) is 11.6 Å². The second-order valence-corrected chi connectivity index (χ2v) is 3.87. The topological polar surface area (TPSA) is 26.3 Å². The largest absolute Gasteiger partial charge is 0.411 e. The van der Waals surface area contributed by atoms with E-state index in [9.17, 15) is 22.4 Å². The quantitative estimate of drug-likeness (QED) is 0.469. The van der Waals surface area contributed by atoms with E-state index in [2.05, 4.69) is 4.74 Å². The maximum atomic E-state index is 12.9. The van der Waals surface area contributed by atoms with Gasteiger partial charge in [0, 0.05) is 12.0 Å². The number of carbonyl (C=O) groups is 1. The monoisotopic (exact) mass is 284 g/mol. The fourth-order valence-electron chi connectivity index (χ4n) is 1.20. The van der Waals surface area contributed by atoms with Crippen molar-refractivity contribution in [3.8, 4) is 0 Å². The number of halogens is 5. The Kier molecular flexibility index (Phi) is 5.10. The second-order valence-electron chi connectivity index (χ2n) is 3.47. The van der Waals surface area contributed by atoms with Gasteiger partial charge < -0.3 is 4.74 Å². The van der Waals surface area contributed by atoms with Crippen molar-refractivity contribution in [1.29, 1.82) is 0 Å². The number of alkyl halides is 3. The van der Waals surface area contributed by atoms with E-state index in [0.29, 0.717) is 0 Å². The van der Waals surface area contributed by atoms with Gasteiger partial charge in [-0.3, -0.25) is 4.79 Å². The second kappa shape index (κ2) is 6.15. The molecule has 2 nitrogen and oxygen atoms in total. The Morgan fingerprint density at radius 1 is 1.33 bits per heavy atom. The average molecular weight is 285 g/mol. The highest BCUT2D eigenvalue weighted by Gasteiger charge is 2.27. The first-order chi connectivity index (χ1) is 8.29. The molecule has 0 fully saturated rings. The van der Waals surface area contributed by atoms with Gasteiger partial charge in [0.25, 0.3) is 0 Å². The van der Waals surface area contributed by atoms with Crippen molar-refractivity contribution in [2.24, 2.45) is 0 Å². The number of rotatable bonds is 5. The number of benzene rings is 1. The third kappa shape index (κ3) is 5.01. The van der Waals surface area contributed by atoms with Crippen LogP contribution in [0.3, 0.4) is 0 Å². The zero-order valence-corrected chi connectivity index (χ0v) is 9.82. The molecule has 0 bridgehead atoms. The number of ketones is 1. The molecule has 0 unspecified atom stereocenters. The minimum atomic E-state index is -4.43. The first-order valence-electron chi connectivity index (χ1n) is 4.92. The molecular weight excluding hydrogens is 276 g/mol. The molecule has 0 aliphatic carbocycles. The van der Waals surface area contributed by atoms with Gasteiger partial charge in [-0.15, -0.1) is 0 Å². The van der Waals surface area contributed by atoms with E-state index in [1.165, 1.54) is 6.07 Å². The summed E-state index contributed by atoms with van der Waals surface area (Å²) >= 11 is 5.67. The van der Waals surface area contributed by atoms with Crippen molar-refractivity contribution < 1.29 is 27.1 Å². The van der Waals surface area contributed by atoms with E-state index in [1.807, 2.05) is 0 Å². The van der Waals surface area contributed by atoms with Crippen molar-refractivity contribution in [3.05, 3.63) is 34.6 Å². The number of hydrogen-bond donors (Lipinski definition) is 0. The molecule has 0 N–H and O–H groups in total. The predicted molar refractivity (Wildman–Crippen MR) is 57.2 cm³/mol. The Bertz CT molecular complexity index is 432. The summed E-state index contributed by atoms with van der Waals surface area (Å²) < 4.78 is 52.4. The molecule has 0 atom stereocenters. The highest BCUT2D eigenvalue weighted by molar-refractivity contribution is 6.33. The van der Waals surface area contributed by atoms with Crippen LogP contribution < -0.4 is 0 Å². The molecule has 0 heterocycles. The zero-order chi connectivity index (χ0) is 13.8. The van der Waals surface area contributed by atoms with Crippen LogP contribution in [0, 0.1) is 5.82 Å². The van der Waals surface area contributed by atoms with Crippen molar-refractivity contribution in [3.63, 3.8) is 0 Å². The highest BCUT2D eigenvalue weighted by Crippen LogP contribution is 2.19. The molecule has 0 saturated heterocycles. The molecule has 0 saturated carbocycles.